The Morgan fingerprint density at radius 2 is 0.480 bits per heavy atom. The number of benzene rings is 8. The predicted molar refractivity (Wildman–Crippen MR) is 208 cm³/mol. The second kappa shape index (κ2) is 13.5. The van der Waals surface area contributed by atoms with E-state index >= 15 is 0 Å². The largest absolute Gasteiger partial charge is 0.508 e. The Morgan fingerprint density at radius 1 is 0.220 bits per heavy atom. The Bertz CT molecular complexity index is 2360. The second-order valence-corrected chi connectivity index (χ2v) is 12.4. The van der Waals surface area contributed by atoms with Gasteiger partial charge in [-0.25, -0.2) is 0 Å². The van der Waals surface area contributed by atoms with Gasteiger partial charge in [0.15, 0.2) is 0 Å². The van der Waals surface area contributed by atoms with E-state index in [0.29, 0.717) is 0 Å². The quantitative estimate of drug-likeness (QED) is 0.182. The maximum atomic E-state index is 9.87. The zero-order chi connectivity index (χ0) is 33.9. The highest BCUT2D eigenvalue weighted by Crippen LogP contribution is 2.50. The first kappa shape index (κ1) is 30.7. The van der Waals surface area contributed by atoms with Crippen LogP contribution in [0.1, 0.15) is 0 Å². The van der Waals surface area contributed by atoms with Crippen LogP contribution in [0.15, 0.2) is 194 Å². The van der Waals surface area contributed by atoms with Gasteiger partial charge in [-0.3, -0.25) is 0 Å². The molecule has 0 aromatic heterocycles. The summed E-state index contributed by atoms with van der Waals surface area (Å²) in [6.45, 7) is 0. The van der Waals surface area contributed by atoms with Crippen molar-refractivity contribution in [2.45, 2.75) is 0 Å². The van der Waals surface area contributed by atoms with Gasteiger partial charge in [-0.15, -0.1) is 0 Å². The standard InChI is InChI=1S/C48H34O2/c49-42-28-24-35(25-29-42)33-16-20-38(21-17-33)45-32-44(37-10-4-1-5-11-37)47(41-22-18-34(19-23-41)36-26-30-43(50)31-27-36)48(40-14-8-3-9-15-40)46(45)39-12-6-2-7-13-39/h1-32,49-50H. The molecule has 2 heteroatoms. The molecule has 238 valence electrons. The molecule has 0 amide bonds. The van der Waals surface area contributed by atoms with Crippen LogP contribution in [0.2, 0.25) is 0 Å². The summed E-state index contributed by atoms with van der Waals surface area (Å²) in [4.78, 5) is 0. The minimum atomic E-state index is 0.258. The van der Waals surface area contributed by atoms with Gasteiger partial charge in [-0.1, -0.05) is 164 Å². The van der Waals surface area contributed by atoms with Crippen LogP contribution in [0.3, 0.4) is 0 Å². The summed E-state index contributed by atoms with van der Waals surface area (Å²) >= 11 is 0. The molecule has 0 spiro atoms. The van der Waals surface area contributed by atoms with Gasteiger partial charge in [0.05, 0.1) is 0 Å². The lowest BCUT2D eigenvalue weighted by Gasteiger charge is -2.24. The fraction of sp³-hybridized carbons (Fsp3) is 0. The Hall–Kier alpha value is -6.64. The summed E-state index contributed by atoms with van der Waals surface area (Å²) in [5.74, 6) is 0.517. The van der Waals surface area contributed by atoms with E-state index in [4.69, 9.17) is 0 Å². The van der Waals surface area contributed by atoms with Crippen molar-refractivity contribution < 1.29 is 10.2 Å². The van der Waals surface area contributed by atoms with Gasteiger partial charge in [-0.05, 0) is 108 Å². The number of aromatic hydroxyl groups is 2. The number of hydrogen-bond donors (Lipinski definition) is 2. The fourth-order valence-electron chi connectivity index (χ4n) is 6.83. The van der Waals surface area contributed by atoms with Gasteiger partial charge in [0, 0.05) is 0 Å². The average molecular weight is 643 g/mol. The van der Waals surface area contributed by atoms with E-state index in [1.807, 2.05) is 24.3 Å². The van der Waals surface area contributed by atoms with Crippen LogP contribution in [0, 0.1) is 0 Å². The first-order chi connectivity index (χ1) is 24.6. The van der Waals surface area contributed by atoms with Gasteiger partial charge in [0.25, 0.3) is 0 Å². The zero-order valence-electron chi connectivity index (χ0n) is 27.4. The Morgan fingerprint density at radius 3 is 0.880 bits per heavy atom. The second-order valence-electron chi connectivity index (χ2n) is 12.4. The van der Waals surface area contributed by atoms with E-state index < -0.39 is 0 Å². The number of phenolic OH excluding ortho intramolecular Hbond substituents is 2. The van der Waals surface area contributed by atoms with E-state index in [9.17, 15) is 10.2 Å². The minimum absolute atomic E-state index is 0.258. The maximum Gasteiger partial charge on any atom is 0.115 e. The Kier molecular flexibility index (Phi) is 8.26. The van der Waals surface area contributed by atoms with Gasteiger partial charge in [0.1, 0.15) is 11.5 Å². The van der Waals surface area contributed by atoms with Crippen LogP contribution in [0.4, 0.5) is 0 Å². The highest BCUT2D eigenvalue weighted by Gasteiger charge is 2.23. The van der Waals surface area contributed by atoms with Crippen LogP contribution in [-0.2, 0) is 0 Å². The first-order valence-corrected chi connectivity index (χ1v) is 16.8. The van der Waals surface area contributed by atoms with E-state index in [-0.39, 0.29) is 11.5 Å². The average Bonchev–Trinajstić information content (AvgIpc) is 3.19. The molecule has 0 bridgehead atoms. The Labute approximate surface area is 292 Å². The molecule has 8 aromatic rings. The molecule has 8 aromatic carbocycles. The van der Waals surface area contributed by atoms with Gasteiger partial charge >= 0.3 is 0 Å². The highest BCUT2D eigenvalue weighted by molar-refractivity contribution is 6.07. The first-order valence-electron chi connectivity index (χ1n) is 16.8. The van der Waals surface area contributed by atoms with E-state index in [0.717, 1.165) is 61.2 Å². The lowest BCUT2D eigenvalue weighted by Crippen LogP contribution is -1.98. The molecule has 0 aliphatic carbocycles. The van der Waals surface area contributed by atoms with Crippen LogP contribution in [0.25, 0.3) is 77.9 Å². The van der Waals surface area contributed by atoms with Gasteiger partial charge in [-0.2, -0.15) is 0 Å². The number of hydrogen-bond acceptors (Lipinski definition) is 2. The van der Waals surface area contributed by atoms with Crippen molar-refractivity contribution in [2.24, 2.45) is 0 Å². The fourth-order valence-corrected chi connectivity index (χ4v) is 6.83. The normalized spacial score (nSPS) is 11.0. The molecule has 0 radical (unpaired) electrons. The van der Waals surface area contributed by atoms with Crippen LogP contribution in [-0.4, -0.2) is 10.2 Å². The zero-order valence-corrected chi connectivity index (χ0v) is 27.4. The van der Waals surface area contributed by atoms with Gasteiger partial charge < -0.3 is 10.2 Å². The predicted octanol–water partition coefficient (Wildman–Crippen LogP) is 12.8. The lowest BCUT2D eigenvalue weighted by atomic mass is 9.78. The van der Waals surface area contributed by atoms with Crippen LogP contribution >= 0.6 is 0 Å². The molecule has 2 N–H and O–H groups in total. The number of rotatable bonds is 7. The van der Waals surface area contributed by atoms with Crippen molar-refractivity contribution in [3.63, 3.8) is 0 Å². The SMILES string of the molecule is Oc1ccc(-c2ccc(-c3cc(-c4ccccc4)c(-c4ccc(-c5ccc(O)cc5)cc4)c(-c4ccccc4)c3-c3ccccc3)cc2)cc1. The van der Waals surface area contributed by atoms with Crippen molar-refractivity contribution in [3.8, 4) is 89.4 Å². The van der Waals surface area contributed by atoms with Crippen LogP contribution in [0.5, 0.6) is 11.5 Å². The van der Waals surface area contributed by atoms with E-state index in [1.54, 1.807) is 24.3 Å². The molecule has 0 atom stereocenters. The van der Waals surface area contributed by atoms with Crippen molar-refractivity contribution in [2.75, 3.05) is 0 Å². The van der Waals surface area contributed by atoms with Crippen molar-refractivity contribution >= 4 is 0 Å². The Balaban J connectivity index is 1.42. The van der Waals surface area contributed by atoms with Crippen LogP contribution < -0.4 is 0 Å². The molecule has 0 unspecified atom stereocenters. The number of phenols is 2. The smallest absolute Gasteiger partial charge is 0.115 e. The summed E-state index contributed by atoms with van der Waals surface area (Å²) in [7, 11) is 0. The molecule has 8 rings (SSSR count). The molecular formula is C48H34O2. The lowest BCUT2D eigenvalue weighted by molar-refractivity contribution is 0.475. The topological polar surface area (TPSA) is 40.5 Å². The molecule has 0 fully saturated rings. The molecule has 0 saturated heterocycles. The summed E-state index contributed by atoms with van der Waals surface area (Å²) in [5.41, 5.74) is 15.8. The molecule has 0 saturated carbocycles. The summed E-state index contributed by atoms with van der Waals surface area (Å²) in [6, 6.07) is 66.7. The van der Waals surface area contributed by atoms with E-state index in [2.05, 4.69) is 146 Å². The minimum Gasteiger partial charge on any atom is -0.508 e. The molecule has 0 aliphatic rings. The summed E-state index contributed by atoms with van der Waals surface area (Å²) in [6.07, 6.45) is 0. The third-order valence-corrected chi connectivity index (χ3v) is 9.31. The maximum absolute atomic E-state index is 9.87. The van der Waals surface area contributed by atoms with Crippen molar-refractivity contribution in [1.29, 1.82) is 0 Å². The third-order valence-electron chi connectivity index (χ3n) is 9.31. The van der Waals surface area contributed by atoms with Crippen molar-refractivity contribution in [3.05, 3.63) is 194 Å². The van der Waals surface area contributed by atoms with Gasteiger partial charge in [0.2, 0.25) is 0 Å². The molecule has 0 heterocycles. The van der Waals surface area contributed by atoms with Crippen molar-refractivity contribution in [1.82, 2.24) is 0 Å². The molecule has 0 aliphatic heterocycles. The third kappa shape index (κ3) is 6.07. The molecule has 50 heavy (non-hydrogen) atoms. The van der Waals surface area contributed by atoms with E-state index in [1.165, 1.54) is 16.7 Å². The summed E-state index contributed by atoms with van der Waals surface area (Å²) < 4.78 is 0. The monoisotopic (exact) mass is 642 g/mol. The molecular weight excluding hydrogens is 609 g/mol. The molecule has 2 nitrogen and oxygen atoms in total. The summed E-state index contributed by atoms with van der Waals surface area (Å²) in [5, 5.41) is 19.7. The highest BCUT2D eigenvalue weighted by atomic mass is 16.3.